The Labute approximate surface area is 127 Å². The molecule has 1 amide bonds. The zero-order valence-corrected chi connectivity index (χ0v) is 12.1. The van der Waals surface area contributed by atoms with Crippen molar-refractivity contribution in [3.05, 3.63) is 63.9 Å². The molecule has 1 aliphatic rings. The molecular weight excluding hydrogens is 346 g/mol. The summed E-state index contributed by atoms with van der Waals surface area (Å²) < 4.78 is 32.9. The molecule has 1 aliphatic heterocycles. The fourth-order valence-corrected chi connectivity index (χ4v) is 2.61. The fourth-order valence-electron chi connectivity index (χ4n) is 2.26. The molecule has 0 radical (unpaired) electrons. The van der Waals surface area contributed by atoms with Crippen molar-refractivity contribution in [1.29, 1.82) is 0 Å². The summed E-state index contributed by atoms with van der Waals surface area (Å²) in [5.41, 5.74) is 0.613. The maximum Gasteiger partial charge on any atom is 0.408 e. The van der Waals surface area contributed by atoms with Gasteiger partial charge in [0.25, 0.3) is 0 Å². The Kier molecular flexibility index (Phi) is 3.59. The Balaban J connectivity index is 2.03. The molecule has 1 aromatic heterocycles. The molecule has 2 unspecified atom stereocenters. The summed E-state index contributed by atoms with van der Waals surface area (Å²) in [5, 5.41) is 2.56. The van der Waals surface area contributed by atoms with E-state index in [2.05, 4.69) is 26.2 Å². The summed E-state index contributed by atoms with van der Waals surface area (Å²) in [6.07, 6.45) is -0.293. The smallest absolute Gasteiger partial charge is 0.408 e. The monoisotopic (exact) mass is 354 g/mol. The Bertz CT molecular complexity index is 711. The fraction of sp³-hybridized carbons (Fsp3) is 0.143. The molecule has 7 heteroatoms. The third kappa shape index (κ3) is 2.73. The molecule has 2 aromatic rings. The molecule has 0 bridgehead atoms. The lowest BCUT2D eigenvalue weighted by atomic mass is 9.97. The van der Waals surface area contributed by atoms with Crippen LogP contribution in [0.15, 0.2) is 41.0 Å². The molecule has 21 heavy (non-hydrogen) atoms. The number of nitrogens with zero attached hydrogens (tertiary/aromatic N) is 1. The van der Waals surface area contributed by atoms with Crippen LogP contribution in [0.5, 0.6) is 0 Å². The SMILES string of the molecule is O=C1NC(c2cccc(F)c2)C(c2cc(Br)cnc2F)O1. The van der Waals surface area contributed by atoms with Gasteiger partial charge in [-0.2, -0.15) is 4.39 Å². The highest BCUT2D eigenvalue weighted by Gasteiger charge is 2.38. The molecule has 1 aromatic carbocycles. The summed E-state index contributed by atoms with van der Waals surface area (Å²) in [4.78, 5) is 15.1. The minimum Gasteiger partial charge on any atom is -0.439 e. The molecule has 4 nitrogen and oxygen atoms in total. The first kappa shape index (κ1) is 13.9. The largest absolute Gasteiger partial charge is 0.439 e. The van der Waals surface area contributed by atoms with Gasteiger partial charge in [-0.25, -0.2) is 14.2 Å². The Morgan fingerprint density at radius 3 is 2.86 bits per heavy atom. The van der Waals surface area contributed by atoms with E-state index in [1.54, 1.807) is 6.07 Å². The van der Waals surface area contributed by atoms with Crippen LogP contribution < -0.4 is 5.32 Å². The lowest BCUT2D eigenvalue weighted by Gasteiger charge is -2.18. The van der Waals surface area contributed by atoms with Gasteiger partial charge in [0.1, 0.15) is 5.82 Å². The van der Waals surface area contributed by atoms with Crippen molar-refractivity contribution < 1.29 is 18.3 Å². The van der Waals surface area contributed by atoms with Gasteiger partial charge in [0, 0.05) is 10.7 Å². The Hall–Kier alpha value is -2.02. The maximum atomic E-state index is 13.9. The quantitative estimate of drug-likeness (QED) is 0.837. The number of aromatic nitrogens is 1. The van der Waals surface area contributed by atoms with Crippen molar-refractivity contribution in [3.8, 4) is 0 Å². The number of nitrogens with one attached hydrogen (secondary N) is 1. The van der Waals surface area contributed by atoms with Crippen molar-refractivity contribution in [2.24, 2.45) is 0 Å². The van der Waals surface area contributed by atoms with E-state index < -0.39 is 30.0 Å². The standard InChI is InChI=1S/C14H9BrF2N2O2/c15-8-5-10(13(17)18-6-8)12-11(19-14(20)21-12)7-2-1-3-9(16)4-7/h1-6,11-12H,(H,19,20). The zero-order chi connectivity index (χ0) is 15.0. The topological polar surface area (TPSA) is 51.2 Å². The van der Waals surface area contributed by atoms with Gasteiger partial charge in [-0.05, 0) is 39.7 Å². The van der Waals surface area contributed by atoms with E-state index >= 15 is 0 Å². The average molecular weight is 355 g/mol. The zero-order valence-electron chi connectivity index (χ0n) is 10.5. The third-order valence-corrected chi connectivity index (χ3v) is 3.59. The number of pyridine rings is 1. The molecule has 0 spiro atoms. The second-order valence-corrected chi connectivity index (χ2v) is 5.45. The van der Waals surface area contributed by atoms with Crippen LogP contribution in [0.25, 0.3) is 0 Å². The van der Waals surface area contributed by atoms with E-state index in [9.17, 15) is 13.6 Å². The summed E-state index contributed by atoms with van der Waals surface area (Å²) in [6, 6.07) is 6.52. The van der Waals surface area contributed by atoms with Gasteiger partial charge in [0.05, 0.1) is 11.6 Å². The van der Waals surface area contributed by atoms with Crippen LogP contribution in [0.2, 0.25) is 0 Å². The molecule has 2 atom stereocenters. The first-order valence-corrected chi connectivity index (χ1v) is 6.87. The molecule has 1 saturated heterocycles. The highest BCUT2D eigenvalue weighted by Crippen LogP contribution is 2.38. The van der Waals surface area contributed by atoms with Gasteiger partial charge in [-0.1, -0.05) is 12.1 Å². The molecule has 0 aliphatic carbocycles. The molecule has 1 fully saturated rings. The number of cyclic esters (lactones) is 1. The van der Waals surface area contributed by atoms with Gasteiger partial charge in [-0.15, -0.1) is 0 Å². The molecule has 0 saturated carbocycles. The summed E-state index contributed by atoms with van der Waals surface area (Å²) in [5.74, 6) is -1.18. The Morgan fingerprint density at radius 2 is 2.10 bits per heavy atom. The highest BCUT2D eigenvalue weighted by molar-refractivity contribution is 9.10. The lowest BCUT2D eigenvalue weighted by molar-refractivity contribution is 0.129. The number of benzene rings is 1. The van der Waals surface area contributed by atoms with E-state index in [1.807, 2.05) is 0 Å². The van der Waals surface area contributed by atoms with Gasteiger partial charge in [0.2, 0.25) is 5.95 Å². The molecule has 1 N–H and O–H groups in total. The number of ether oxygens (including phenoxy) is 1. The average Bonchev–Trinajstić information content (AvgIpc) is 2.83. The van der Waals surface area contributed by atoms with Gasteiger partial charge >= 0.3 is 6.09 Å². The minimum atomic E-state index is -0.913. The molecule has 3 rings (SSSR count). The molecule has 2 heterocycles. The van der Waals surface area contributed by atoms with Crippen LogP contribution in [0.1, 0.15) is 23.3 Å². The number of amides is 1. The van der Waals surface area contributed by atoms with Crippen LogP contribution in [0, 0.1) is 11.8 Å². The van der Waals surface area contributed by atoms with Crippen LogP contribution in [0.3, 0.4) is 0 Å². The van der Waals surface area contributed by atoms with Gasteiger partial charge in [0.15, 0.2) is 6.10 Å². The van der Waals surface area contributed by atoms with Gasteiger partial charge in [-0.3, -0.25) is 0 Å². The second kappa shape index (κ2) is 5.40. The lowest BCUT2D eigenvalue weighted by Crippen LogP contribution is -2.20. The van der Waals surface area contributed by atoms with E-state index in [0.717, 1.165) is 0 Å². The van der Waals surface area contributed by atoms with E-state index in [1.165, 1.54) is 30.5 Å². The number of hydrogen-bond acceptors (Lipinski definition) is 3. The summed E-state index contributed by atoms with van der Waals surface area (Å²) >= 11 is 3.20. The third-order valence-electron chi connectivity index (χ3n) is 3.16. The van der Waals surface area contributed by atoms with Crippen LogP contribution >= 0.6 is 15.9 Å². The van der Waals surface area contributed by atoms with E-state index in [-0.39, 0.29) is 5.56 Å². The highest BCUT2D eigenvalue weighted by atomic mass is 79.9. The van der Waals surface area contributed by atoms with Crippen molar-refractivity contribution in [1.82, 2.24) is 10.3 Å². The predicted octanol–water partition coefficient (Wildman–Crippen LogP) is 3.64. The van der Waals surface area contributed by atoms with E-state index in [0.29, 0.717) is 10.0 Å². The second-order valence-electron chi connectivity index (χ2n) is 4.54. The van der Waals surface area contributed by atoms with Crippen molar-refractivity contribution >= 4 is 22.0 Å². The van der Waals surface area contributed by atoms with Crippen LogP contribution in [-0.2, 0) is 4.74 Å². The number of halogens is 3. The van der Waals surface area contributed by atoms with Gasteiger partial charge < -0.3 is 10.1 Å². The van der Waals surface area contributed by atoms with Crippen LogP contribution in [-0.4, -0.2) is 11.1 Å². The predicted molar refractivity (Wildman–Crippen MR) is 73.4 cm³/mol. The van der Waals surface area contributed by atoms with Crippen molar-refractivity contribution in [3.63, 3.8) is 0 Å². The summed E-state index contributed by atoms with van der Waals surface area (Å²) in [6.45, 7) is 0. The normalized spacial score (nSPS) is 21.0. The summed E-state index contributed by atoms with van der Waals surface area (Å²) in [7, 11) is 0. The number of hydrogen-bond donors (Lipinski definition) is 1. The number of carbonyl (C=O) groups excluding carboxylic acids is 1. The first-order chi connectivity index (χ1) is 10.0. The number of carbonyl (C=O) groups is 1. The molecule has 108 valence electrons. The van der Waals surface area contributed by atoms with Crippen LogP contribution in [0.4, 0.5) is 13.6 Å². The van der Waals surface area contributed by atoms with E-state index in [4.69, 9.17) is 4.74 Å². The van der Waals surface area contributed by atoms with Crippen molar-refractivity contribution in [2.75, 3.05) is 0 Å². The first-order valence-electron chi connectivity index (χ1n) is 6.08. The molecular formula is C14H9BrF2N2O2. The Morgan fingerprint density at radius 1 is 1.29 bits per heavy atom. The minimum absolute atomic E-state index is 0.122. The maximum absolute atomic E-state index is 13.9. The van der Waals surface area contributed by atoms with Crippen molar-refractivity contribution in [2.45, 2.75) is 12.1 Å². The number of alkyl carbamates (subject to hydrolysis) is 1. The number of rotatable bonds is 2.